The molecular weight excluding hydrogens is 696 g/mol. The Morgan fingerprint density at radius 2 is 0.904 bits per heavy atom. The third-order valence-electron chi connectivity index (χ3n) is 7.03. The van der Waals surface area contributed by atoms with Gasteiger partial charge in [0.2, 0.25) is 0 Å². The Kier molecular flexibility index (Phi) is 14.6. The van der Waals surface area contributed by atoms with E-state index >= 15 is 0 Å². The Balaban J connectivity index is 2.35. The molecule has 3 N–H and O–H groups in total. The van der Waals surface area contributed by atoms with Crippen molar-refractivity contribution >= 4 is 17.9 Å². The van der Waals surface area contributed by atoms with Gasteiger partial charge >= 0.3 is 52.0 Å². The van der Waals surface area contributed by atoms with Gasteiger partial charge in [0.1, 0.15) is 17.8 Å². The van der Waals surface area contributed by atoms with Crippen LogP contribution in [0.4, 0.5) is 0 Å². The highest BCUT2D eigenvalue weighted by Gasteiger charge is 2.25. The molecule has 0 aromatic carbocycles. The van der Waals surface area contributed by atoms with Crippen LogP contribution in [0.3, 0.4) is 0 Å². The van der Waals surface area contributed by atoms with Gasteiger partial charge in [-0.15, -0.1) is 0 Å². The van der Waals surface area contributed by atoms with E-state index in [4.69, 9.17) is 14.2 Å². The van der Waals surface area contributed by atoms with E-state index < -0.39 is 147 Å². The van der Waals surface area contributed by atoms with Crippen molar-refractivity contribution in [3.05, 3.63) is 62.9 Å². The van der Waals surface area contributed by atoms with Gasteiger partial charge in [0.25, 0.3) is 0 Å². The van der Waals surface area contributed by atoms with Crippen molar-refractivity contribution in [2.75, 3.05) is 19.8 Å². The highest BCUT2D eigenvalue weighted by atomic mass is 16.6. The molecule has 0 saturated heterocycles. The lowest BCUT2D eigenvalue weighted by Gasteiger charge is -2.22. The van der Waals surface area contributed by atoms with Crippen LogP contribution in [0, 0.1) is 0 Å². The molecule has 0 atom stereocenters. The monoisotopic (exact) mass is 744 g/mol. The smallest absolute Gasteiger partial charge is 0.336 e. The van der Waals surface area contributed by atoms with Crippen molar-refractivity contribution < 1.29 is 43.9 Å². The zero-order valence-electron chi connectivity index (χ0n) is 30.4. The molecule has 0 amide bonds. The number of hydrogen-bond donors (Lipinski definition) is 3. The summed E-state index contributed by atoms with van der Waals surface area (Å²) in [5.41, 5.74) is -10.4. The van der Waals surface area contributed by atoms with Crippen LogP contribution in [0.15, 0.2) is 28.8 Å². The summed E-state index contributed by atoms with van der Waals surface area (Å²) in [6, 6.07) is 0. The predicted octanol–water partition coefficient (Wildman–Crippen LogP) is -3.51. The summed E-state index contributed by atoms with van der Waals surface area (Å²) in [6.07, 6.45) is -1.59. The van der Waals surface area contributed by atoms with Crippen LogP contribution in [0.1, 0.15) is 67.7 Å². The SMILES string of the molecule is CC(C)(O)Cn1c(=O)n(CCO)c(=O)n(CCOC(=O)CCn2c(=O)n(CCC(=O)OC(C)(C)C)c(=O)n(CCC(=O)OC(C)(C)CO)c2=O)c1=O. The second-order valence-electron chi connectivity index (χ2n) is 14.0. The van der Waals surface area contributed by atoms with Crippen LogP contribution >= 0.6 is 0 Å². The van der Waals surface area contributed by atoms with E-state index in [1.807, 2.05) is 0 Å². The highest BCUT2D eigenvalue weighted by Crippen LogP contribution is 2.10. The van der Waals surface area contributed by atoms with Crippen LogP contribution in [-0.2, 0) is 67.9 Å². The zero-order chi connectivity index (χ0) is 39.8. The molecule has 0 unspecified atom stereocenters. The molecule has 2 aromatic heterocycles. The van der Waals surface area contributed by atoms with Crippen LogP contribution < -0.4 is 34.1 Å². The number of aliphatic hydroxyl groups is 3. The lowest BCUT2D eigenvalue weighted by atomic mass is 10.1. The van der Waals surface area contributed by atoms with Crippen molar-refractivity contribution in [3.8, 4) is 0 Å². The molecule has 292 valence electrons. The lowest BCUT2D eigenvalue weighted by molar-refractivity contribution is -0.160. The lowest BCUT2D eigenvalue weighted by Crippen LogP contribution is -2.56. The van der Waals surface area contributed by atoms with Crippen molar-refractivity contribution in [2.45, 2.75) is 124 Å². The second kappa shape index (κ2) is 17.6. The maximum atomic E-state index is 13.3. The van der Waals surface area contributed by atoms with Gasteiger partial charge in [-0.3, -0.25) is 14.4 Å². The van der Waals surface area contributed by atoms with E-state index in [-0.39, 0.29) is 0 Å². The zero-order valence-corrected chi connectivity index (χ0v) is 30.4. The number of hydrogen-bond acceptors (Lipinski definition) is 15. The standard InChI is InChI=1S/C31H48N6O15/c1-29(2,3)51-21(41)9-12-33-23(43)32(24(44)34(25(33)45)13-10-22(42)52-31(6,7)19-39)11-8-20(40)50-17-15-36-26(46)35(14-16-38)27(47)37(28(36)48)18-30(4,5)49/h38-39,49H,8-19H2,1-7H3. The molecule has 0 saturated carbocycles. The summed E-state index contributed by atoms with van der Waals surface area (Å²) >= 11 is 0. The molecule has 0 bridgehead atoms. The summed E-state index contributed by atoms with van der Waals surface area (Å²) in [4.78, 5) is 116. The van der Waals surface area contributed by atoms with Gasteiger partial charge in [0.05, 0.1) is 57.7 Å². The molecule has 2 heterocycles. The molecular formula is C31H48N6O15. The van der Waals surface area contributed by atoms with Gasteiger partial charge in [0.15, 0.2) is 0 Å². The summed E-state index contributed by atoms with van der Waals surface area (Å²) in [7, 11) is 0. The maximum Gasteiger partial charge on any atom is 0.336 e. The summed E-state index contributed by atoms with van der Waals surface area (Å²) in [5, 5.41) is 28.8. The molecule has 21 heteroatoms. The molecule has 0 aliphatic carbocycles. The quantitative estimate of drug-likeness (QED) is 0.0987. The van der Waals surface area contributed by atoms with Crippen LogP contribution in [0.5, 0.6) is 0 Å². The summed E-state index contributed by atoms with van der Waals surface area (Å²) in [5.74, 6) is -2.63. The summed E-state index contributed by atoms with van der Waals surface area (Å²) in [6.45, 7) is 5.42. The average molecular weight is 745 g/mol. The van der Waals surface area contributed by atoms with Gasteiger partial charge < -0.3 is 29.5 Å². The fourth-order valence-electron chi connectivity index (χ4n) is 4.66. The van der Waals surface area contributed by atoms with Crippen LogP contribution in [0.25, 0.3) is 0 Å². The van der Waals surface area contributed by atoms with E-state index in [1.54, 1.807) is 20.8 Å². The minimum atomic E-state index is -1.54. The Labute approximate surface area is 295 Å². The van der Waals surface area contributed by atoms with Gasteiger partial charge in [0, 0.05) is 19.6 Å². The first-order valence-electron chi connectivity index (χ1n) is 16.4. The maximum absolute atomic E-state index is 13.3. The Morgan fingerprint density at radius 3 is 1.29 bits per heavy atom. The number of nitrogens with zero attached hydrogens (tertiary/aromatic N) is 6. The number of esters is 3. The topological polar surface area (TPSA) is 272 Å². The number of carbonyl (C=O) groups excluding carboxylic acids is 3. The summed E-state index contributed by atoms with van der Waals surface area (Å²) < 4.78 is 18.9. The minimum absolute atomic E-state index is 0.443. The highest BCUT2D eigenvalue weighted by molar-refractivity contribution is 5.70. The molecule has 0 aliphatic rings. The van der Waals surface area contributed by atoms with E-state index in [0.29, 0.717) is 27.4 Å². The van der Waals surface area contributed by atoms with Gasteiger partial charge in [-0.2, -0.15) is 0 Å². The van der Waals surface area contributed by atoms with E-state index in [1.165, 1.54) is 27.7 Å². The number of aliphatic hydroxyl groups excluding tert-OH is 2. The number of ether oxygens (including phenoxy) is 3. The van der Waals surface area contributed by atoms with Gasteiger partial charge in [-0.25, -0.2) is 56.2 Å². The number of aromatic nitrogens is 6. The molecule has 52 heavy (non-hydrogen) atoms. The van der Waals surface area contributed by atoms with E-state index in [9.17, 15) is 58.5 Å². The molecule has 2 rings (SSSR count). The average Bonchev–Trinajstić information content (AvgIpc) is 3.01. The first-order chi connectivity index (χ1) is 23.9. The van der Waals surface area contributed by atoms with Crippen molar-refractivity contribution in [2.24, 2.45) is 0 Å². The molecule has 21 nitrogen and oxygen atoms in total. The number of carbonyl (C=O) groups is 3. The normalized spacial score (nSPS) is 12.1. The fourth-order valence-corrected chi connectivity index (χ4v) is 4.66. The van der Waals surface area contributed by atoms with Crippen molar-refractivity contribution in [1.82, 2.24) is 27.4 Å². The number of rotatable bonds is 18. The minimum Gasteiger partial charge on any atom is -0.464 e. The Morgan fingerprint density at radius 1 is 0.538 bits per heavy atom. The Bertz CT molecular complexity index is 1980. The molecule has 2 aromatic rings. The molecule has 0 fully saturated rings. The van der Waals surface area contributed by atoms with Crippen LogP contribution in [0.2, 0.25) is 0 Å². The molecule has 0 aliphatic heterocycles. The van der Waals surface area contributed by atoms with Gasteiger partial charge in [-0.05, 0) is 48.5 Å². The van der Waals surface area contributed by atoms with Crippen LogP contribution in [-0.4, -0.2) is 97.3 Å². The molecule has 0 spiro atoms. The largest absolute Gasteiger partial charge is 0.464 e. The third-order valence-corrected chi connectivity index (χ3v) is 7.03. The predicted molar refractivity (Wildman–Crippen MR) is 180 cm³/mol. The van der Waals surface area contributed by atoms with Gasteiger partial charge in [-0.1, -0.05) is 0 Å². The first-order valence-corrected chi connectivity index (χ1v) is 16.4. The Hall–Kier alpha value is -4.89. The third kappa shape index (κ3) is 12.1. The molecule has 0 radical (unpaired) electrons. The van der Waals surface area contributed by atoms with Crippen molar-refractivity contribution in [3.63, 3.8) is 0 Å². The van der Waals surface area contributed by atoms with E-state index in [2.05, 4.69) is 0 Å². The second-order valence-corrected chi connectivity index (χ2v) is 14.0. The first kappa shape index (κ1) is 43.3. The van der Waals surface area contributed by atoms with E-state index in [0.717, 1.165) is 0 Å². The fraction of sp³-hybridized carbons (Fsp3) is 0.710. The van der Waals surface area contributed by atoms with Crippen molar-refractivity contribution in [1.29, 1.82) is 0 Å².